The van der Waals surface area contributed by atoms with Crippen LogP contribution >= 0.6 is 0 Å². The Bertz CT molecular complexity index is 1070. The summed E-state index contributed by atoms with van der Waals surface area (Å²) in [6.07, 6.45) is 5.24. The van der Waals surface area contributed by atoms with Crippen LogP contribution in [-0.2, 0) is 26.5 Å². The summed E-state index contributed by atoms with van der Waals surface area (Å²) in [5, 5.41) is 0. The molecule has 1 aliphatic heterocycles. The number of hydrogen-bond acceptors (Lipinski definition) is 6. The van der Waals surface area contributed by atoms with Gasteiger partial charge in [-0.05, 0) is 67.8 Å². The molecule has 3 rings (SSSR count). The monoisotopic (exact) mass is 467 g/mol. The first-order valence-electron chi connectivity index (χ1n) is 10.1. The Labute approximate surface area is 184 Å². The van der Waals surface area contributed by atoms with Crippen LogP contribution in [0.15, 0.2) is 48.5 Å². The number of sulfonamides is 2. The van der Waals surface area contributed by atoms with Gasteiger partial charge in [0, 0.05) is 24.5 Å². The fourth-order valence-electron chi connectivity index (χ4n) is 3.56. The highest BCUT2D eigenvalue weighted by atomic mass is 32.2. The number of hydrogen-bond donors (Lipinski definition) is 2. The lowest BCUT2D eigenvalue weighted by Crippen LogP contribution is -2.42. The van der Waals surface area contributed by atoms with E-state index in [2.05, 4.69) is 14.3 Å². The van der Waals surface area contributed by atoms with Gasteiger partial charge in [-0.25, -0.2) is 16.8 Å². The molecule has 0 aromatic heterocycles. The van der Waals surface area contributed by atoms with Gasteiger partial charge in [0.15, 0.2) is 0 Å². The summed E-state index contributed by atoms with van der Waals surface area (Å²) in [5.74, 6) is 0.722. The average Bonchev–Trinajstić information content (AvgIpc) is 2.67. The van der Waals surface area contributed by atoms with Gasteiger partial charge < -0.3 is 4.74 Å². The lowest BCUT2D eigenvalue weighted by Gasteiger charge is -2.33. The van der Waals surface area contributed by atoms with E-state index in [0.29, 0.717) is 11.4 Å². The number of likely N-dealkylation sites (tertiary alicyclic amines) is 1. The first kappa shape index (κ1) is 23.4. The van der Waals surface area contributed by atoms with E-state index >= 15 is 0 Å². The van der Waals surface area contributed by atoms with Gasteiger partial charge in [-0.2, -0.15) is 0 Å². The summed E-state index contributed by atoms with van der Waals surface area (Å²) < 4.78 is 56.2. The molecular weight excluding hydrogens is 438 g/mol. The van der Waals surface area contributed by atoms with Gasteiger partial charge in [-0.15, -0.1) is 0 Å². The van der Waals surface area contributed by atoms with Crippen LogP contribution in [0.1, 0.15) is 18.4 Å². The van der Waals surface area contributed by atoms with Crippen LogP contribution in [0.4, 0.5) is 11.4 Å². The van der Waals surface area contributed by atoms with E-state index in [1.54, 1.807) is 36.4 Å². The second kappa shape index (κ2) is 9.88. The first-order chi connectivity index (χ1) is 14.6. The van der Waals surface area contributed by atoms with Crippen LogP contribution in [-0.4, -0.2) is 60.0 Å². The largest absolute Gasteiger partial charge is 0.489 e. The van der Waals surface area contributed by atoms with Crippen LogP contribution in [0.5, 0.6) is 5.75 Å². The Kier molecular flexibility index (Phi) is 7.45. The molecule has 1 heterocycles. The third kappa shape index (κ3) is 8.39. The van der Waals surface area contributed by atoms with Crippen molar-refractivity contribution in [2.75, 3.05) is 41.6 Å². The van der Waals surface area contributed by atoms with Crippen LogP contribution in [0.25, 0.3) is 0 Å². The molecule has 1 aliphatic rings. The SMILES string of the molecule is CS(=O)(=O)Nc1ccc(CCN2CCCC(Oc3ccc(NS(C)(=O)=O)cc3)C2)cc1. The summed E-state index contributed by atoms with van der Waals surface area (Å²) in [7, 11) is -6.56. The second-order valence-electron chi connectivity index (χ2n) is 7.90. The Hall–Kier alpha value is -2.30. The van der Waals surface area contributed by atoms with Crippen LogP contribution in [0.3, 0.4) is 0 Å². The molecule has 1 fully saturated rings. The highest BCUT2D eigenvalue weighted by molar-refractivity contribution is 7.92. The number of benzene rings is 2. The van der Waals surface area contributed by atoms with Crippen molar-refractivity contribution >= 4 is 31.4 Å². The van der Waals surface area contributed by atoms with Crippen molar-refractivity contribution in [3.05, 3.63) is 54.1 Å². The number of ether oxygens (including phenoxy) is 1. The average molecular weight is 468 g/mol. The van der Waals surface area contributed by atoms with Crippen molar-refractivity contribution in [2.24, 2.45) is 0 Å². The molecule has 2 N–H and O–H groups in total. The van der Waals surface area contributed by atoms with Crippen molar-refractivity contribution in [1.29, 1.82) is 0 Å². The summed E-state index contributed by atoms with van der Waals surface area (Å²) in [5.41, 5.74) is 2.23. The normalized spacial score (nSPS) is 17.8. The van der Waals surface area contributed by atoms with Gasteiger partial charge in [0.1, 0.15) is 11.9 Å². The van der Waals surface area contributed by atoms with Crippen molar-refractivity contribution in [3.63, 3.8) is 0 Å². The maximum atomic E-state index is 11.3. The Morgan fingerprint density at radius 3 is 2.00 bits per heavy atom. The van der Waals surface area contributed by atoms with Gasteiger partial charge in [0.2, 0.25) is 20.0 Å². The van der Waals surface area contributed by atoms with Gasteiger partial charge in [-0.3, -0.25) is 14.3 Å². The smallest absolute Gasteiger partial charge is 0.229 e. The van der Waals surface area contributed by atoms with E-state index in [9.17, 15) is 16.8 Å². The molecule has 2 aromatic rings. The lowest BCUT2D eigenvalue weighted by molar-refractivity contribution is 0.0893. The maximum absolute atomic E-state index is 11.3. The van der Waals surface area contributed by atoms with E-state index in [-0.39, 0.29) is 6.10 Å². The molecule has 170 valence electrons. The van der Waals surface area contributed by atoms with Gasteiger partial charge >= 0.3 is 0 Å². The molecule has 1 unspecified atom stereocenters. The number of rotatable bonds is 9. The zero-order valence-corrected chi connectivity index (χ0v) is 19.4. The summed E-state index contributed by atoms with van der Waals surface area (Å²) >= 11 is 0. The Balaban J connectivity index is 1.48. The van der Waals surface area contributed by atoms with Gasteiger partial charge in [0.05, 0.1) is 12.5 Å². The Morgan fingerprint density at radius 2 is 1.45 bits per heavy atom. The van der Waals surface area contributed by atoms with Gasteiger partial charge in [0.25, 0.3) is 0 Å². The van der Waals surface area contributed by atoms with E-state index < -0.39 is 20.0 Å². The van der Waals surface area contributed by atoms with Crippen LogP contribution < -0.4 is 14.2 Å². The molecule has 0 amide bonds. The number of piperidine rings is 1. The van der Waals surface area contributed by atoms with Crippen LogP contribution in [0.2, 0.25) is 0 Å². The molecule has 1 saturated heterocycles. The highest BCUT2D eigenvalue weighted by Crippen LogP contribution is 2.21. The summed E-state index contributed by atoms with van der Waals surface area (Å²) in [4.78, 5) is 2.37. The van der Waals surface area contributed by atoms with Crippen molar-refractivity contribution in [1.82, 2.24) is 4.90 Å². The predicted octanol–water partition coefficient (Wildman–Crippen LogP) is 2.52. The standard InChI is InChI=1S/C21H29N3O5S2/c1-30(25,26)22-18-7-5-17(6-8-18)13-15-24-14-3-4-21(16-24)29-20-11-9-19(10-12-20)23-31(2,27)28/h5-12,21-23H,3-4,13-16H2,1-2H3. The Morgan fingerprint density at radius 1 is 0.903 bits per heavy atom. The topological polar surface area (TPSA) is 105 Å². The van der Waals surface area contributed by atoms with Gasteiger partial charge in [-0.1, -0.05) is 12.1 Å². The number of anilines is 2. The molecular formula is C21H29N3O5S2. The molecule has 2 aromatic carbocycles. The van der Waals surface area contributed by atoms with Crippen molar-refractivity contribution < 1.29 is 21.6 Å². The van der Waals surface area contributed by atoms with E-state index in [4.69, 9.17) is 4.74 Å². The highest BCUT2D eigenvalue weighted by Gasteiger charge is 2.21. The molecule has 0 aliphatic carbocycles. The number of nitrogens with zero attached hydrogens (tertiary/aromatic N) is 1. The molecule has 0 saturated carbocycles. The zero-order valence-electron chi connectivity index (χ0n) is 17.7. The first-order valence-corrected chi connectivity index (χ1v) is 13.9. The third-order valence-electron chi connectivity index (χ3n) is 4.90. The summed E-state index contributed by atoms with van der Waals surface area (Å²) in [6, 6.07) is 14.4. The molecule has 31 heavy (non-hydrogen) atoms. The molecule has 1 atom stereocenters. The fourth-order valence-corrected chi connectivity index (χ4v) is 4.69. The zero-order chi connectivity index (χ0) is 22.5. The molecule has 0 radical (unpaired) electrons. The fraction of sp³-hybridized carbons (Fsp3) is 0.429. The predicted molar refractivity (Wildman–Crippen MR) is 124 cm³/mol. The van der Waals surface area contributed by atoms with Crippen molar-refractivity contribution in [2.45, 2.75) is 25.4 Å². The lowest BCUT2D eigenvalue weighted by atomic mass is 10.1. The number of nitrogens with one attached hydrogen (secondary N) is 2. The minimum atomic E-state index is -3.29. The van der Waals surface area contributed by atoms with E-state index in [1.807, 2.05) is 12.1 Å². The van der Waals surface area contributed by atoms with E-state index in [0.717, 1.165) is 62.7 Å². The molecule has 8 nitrogen and oxygen atoms in total. The quantitative estimate of drug-likeness (QED) is 0.587. The molecule has 10 heteroatoms. The second-order valence-corrected chi connectivity index (χ2v) is 11.4. The summed E-state index contributed by atoms with van der Waals surface area (Å²) in [6.45, 7) is 2.75. The third-order valence-corrected chi connectivity index (χ3v) is 6.11. The maximum Gasteiger partial charge on any atom is 0.229 e. The van der Waals surface area contributed by atoms with Crippen molar-refractivity contribution in [3.8, 4) is 5.75 Å². The minimum Gasteiger partial charge on any atom is -0.489 e. The molecule has 0 spiro atoms. The van der Waals surface area contributed by atoms with E-state index in [1.165, 1.54) is 0 Å². The minimum absolute atomic E-state index is 0.0869. The van der Waals surface area contributed by atoms with Crippen LogP contribution in [0, 0.1) is 0 Å². The molecule has 0 bridgehead atoms.